The minimum absolute atomic E-state index is 0.0428. The van der Waals surface area contributed by atoms with E-state index in [4.69, 9.17) is 26.4 Å². The van der Waals surface area contributed by atoms with E-state index in [1.54, 1.807) is 13.8 Å². The molecule has 12 heteroatoms. The van der Waals surface area contributed by atoms with Crippen LogP contribution >= 0.6 is 12.2 Å². The van der Waals surface area contributed by atoms with Crippen LogP contribution in [0.5, 0.6) is 0 Å². The molecule has 0 bridgehead atoms. The molecule has 31 heavy (non-hydrogen) atoms. The number of alkyl halides is 3. The molecule has 1 aliphatic carbocycles. The number of carbonyl (C=O) groups is 2. The van der Waals surface area contributed by atoms with Crippen LogP contribution in [-0.4, -0.2) is 60.3 Å². The highest BCUT2D eigenvalue weighted by Crippen LogP contribution is 2.45. The average molecular weight is 465 g/mol. The van der Waals surface area contributed by atoms with Crippen LogP contribution in [0.3, 0.4) is 0 Å². The Labute approximate surface area is 183 Å². The standard InChI is InChI=1S/C19H26F3N3O5S/c1-3-28-15(26)14-13(7-10-23-14)25(16(31)24-17(27)29-4-2)11-12-30-18(19(20,21)22)8-5-6-9-18/h7,10,23H,3-6,8-9,11-12H2,1-2H3,(H,24,27,31). The fraction of sp³-hybridized carbons (Fsp3) is 0.632. The number of thiocarbonyl (C=S) groups is 1. The maximum absolute atomic E-state index is 13.6. The van der Waals surface area contributed by atoms with Crippen molar-refractivity contribution in [3.8, 4) is 0 Å². The van der Waals surface area contributed by atoms with Gasteiger partial charge in [0.2, 0.25) is 0 Å². The summed E-state index contributed by atoms with van der Waals surface area (Å²) in [6.45, 7) is 2.99. The number of hydrogen-bond donors (Lipinski definition) is 2. The highest BCUT2D eigenvalue weighted by Gasteiger charge is 2.57. The van der Waals surface area contributed by atoms with E-state index in [-0.39, 0.29) is 55.7 Å². The predicted octanol–water partition coefficient (Wildman–Crippen LogP) is 3.92. The van der Waals surface area contributed by atoms with Crippen LogP contribution in [0.1, 0.15) is 50.0 Å². The van der Waals surface area contributed by atoms with E-state index in [9.17, 15) is 22.8 Å². The number of alkyl carbamates (subject to hydrolysis) is 1. The predicted molar refractivity (Wildman–Crippen MR) is 110 cm³/mol. The average Bonchev–Trinajstić information content (AvgIpc) is 3.35. The van der Waals surface area contributed by atoms with E-state index in [2.05, 4.69) is 10.3 Å². The number of carbonyl (C=O) groups excluding carboxylic acids is 2. The fourth-order valence-electron chi connectivity index (χ4n) is 3.39. The van der Waals surface area contributed by atoms with Crippen molar-refractivity contribution < 1.29 is 37.0 Å². The van der Waals surface area contributed by atoms with Crippen molar-refractivity contribution in [1.82, 2.24) is 10.3 Å². The van der Waals surface area contributed by atoms with Crippen LogP contribution in [0.2, 0.25) is 0 Å². The molecule has 1 fully saturated rings. The lowest BCUT2D eigenvalue weighted by atomic mass is 10.0. The van der Waals surface area contributed by atoms with Crippen LogP contribution in [0.4, 0.5) is 23.7 Å². The van der Waals surface area contributed by atoms with Crippen LogP contribution in [0, 0.1) is 0 Å². The van der Waals surface area contributed by atoms with Crippen molar-refractivity contribution in [2.75, 3.05) is 31.3 Å². The third kappa shape index (κ3) is 6.10. The Bertz CT molecular complexity index is 778. The third-order valence-electron chi connectivity index (χ3n) is 4.85. The Balaban J connectivity index is 2.21. The third-order valence-corrected chi connectivity index (χ3v) is 5.17. The molecule has 1 aromatic rings. The topological polar surface area (TPSA) is 92.9 Å². The zero-order chi connectivity index (χ0) is 23.1. The first-order valence-corrected chi connectivity index (χ1v) is 10.4. The van der Waals surface area contributed by atoms with Gasteiger partial charge in [0.15, 0.2) is 10.7 Å². The van der Waals surface area contributed by atoms with Crippen molar-refractivity contribution in [2.24, 2.45) is 0 Å². The Hall–Kier alpha value is -2.34. The largest absolute Gasteiger partial charge is 0.461 e. The molecular weight excluding hydrogens is 439 g/mol. The zero-order valence-electron chi connectivity index (χ0n) is 17.3. The van der Waals surface area contributed by atoms with E-state index >= 15 is 0 Å². The number of aromatic nitrogens is 1. The van der Waals surface area contributed by atoms with Crippen LogP contribution in [0.15, 0.2) is 12.3 Å². The number of H-pyrrole nitrogens is 1. The molecule has 1 heterocycles. The van der Waals surface area contributed by atoms with Crippen molar-refractivity contribution >= 4 is 35.1 Å². The maximum atomic E-state index is 13.6. The number of nitrogens with zero attached hydrogens (tertiary/aromatic N) is 1. The van der Waals surface area contributed by atoms with Crippen molar-refractivity contribution in [3.05, 3.63) is 18.0 Å². The van der Waals surface area contributed by atoms with Gasteiger partial charge in [-0.3, -0.25) is 5.32 Å². The van der Waals surface area contributed by atoms with Gasteiger partial charge in [0.05, 0.1) is 25.5 Å². The summed E-state index contributed by atoms with van der Waals surface area (Å²) in [5.74, 6) is -0.671. The monoisotopic (exact) mass is 465 g/mol. The van der Waals surface area contributed by atoms with Gasteiger partial charge in [-0.2, -0.15) is 13.2 Å². The van der Waals surface area contributed by atoms with Crippen LogP contribution in [0.25, 0.3) is 0 Å². The molecule has 1 amide bonds. The molecule has 1 saturated carbocycles. The van der Waals surface area contributed by atoms with Gasteiger partial charge in [0.1, 0.15) is 5.69 Å². The summed E-state index contributed by atoms with van der Waals surface area (Å²) in [5.41, 5.74) is -1.92. The highest BCUT2D eigenvalue weighted by atomic mass is 32.1. The normalized spacial score (nSPS) is 15.4. The van der Waals surface area contributed by atoms with Gasteiger partial charge < -0.3 is 24.1 Å². The molecular formula is C19H26F3N3O5S. The summed E-state index contributed by atoms with van der Waals surface area (Å²) in [6, 6.07) is 1.50. The second-order valence-electron chi connectivity index (χ2n) is 6.81. The van der Waals surface area contributed by atoms with Crippen molar-refractivity contribution in [3.63, 3.8) is 0 Å². The van der Waals surface area contributed by atoms with E-state index in [1.165, 1.54) is 17.2 Å². The van der Waals surface area contributed by atoms with Gasteiger partial charge in [0, 0.05) is 12.7 Å². The lowest BCUT2D eigenvalue weighted by Gasteiger charge is -2.33. The quantitative estimate of drug-likeness (QED) is 0.444. The summed E-state index contributed by atoms with van der Waals surface area (Å²) < 4.78 is 55.9. The van der Waals surface area contributed by atoms with Gasteiger partial charge in [-0.05, 0) is 45.0 Å². The molecule has 0 spiro atoms. The molecule has 0 aromatic carbocycles. The molecule has 0 unspecified atom stereocenters. The molecule has 2 N–H and O–H groups in total. The molecule has 0 radical (unpaired) electrons. The molecule has 1 aromatic heterocycles. The fourth-order valence-corrected chi connectivity index (χ4v) is 3.67. The van der Waals surface area contributed by atoms with Crippen molar-refractivity contribution in [1.29, 1.82) is 0 Å². The lowest BCUT2D eigenvalue weighted by Crippen LogP contribution is -2.49. The zero-order valence-corrected chi connectivity index (χ0v) is 18.2. The van der Waals surface area contributed by atoms with Crippen LogP contribution in [-0.2, 0) is 14.2 Å². The molecule has 0 aliphatic heterocycles. The molecule has 174 valence electrons. The first kappa shape index (κ1) is 24.9. The number of aromatic amines is 1. The van der Waals surface area contributed by atoms with Crippen LogP contribution < -0.4 is 10.2 Å². The first-order chi connectivity index (χ1) is 14.6. The summed E-state index contributed by atoms with van der Waals surface area (Å²) in [6.07, 6.45) is -3.23. The molecule has 0 atom stereocenters. The lowest BCUT2D eigenvalue weighted by molar-refractivity contribution is -0.274. The van der Waals surface area contributed by atoms with E-state index in [1.807, 2.05) is 0 Å². The van der Waals surface area contributed by atoms with Gasteiger partial charge in [-0.25, -0.2) is 9.59 Å². The van der Waals surface area contributed by atoms with E-state index in [0.29, 0.717) is 12.8 Å². The van der Waals surface area contributed by atoms with Gasteiger partial charge in [0.25, 0.3) is 0 Å². The molecule has 1 aliphatic rings. The number of amides is 1. The summed E-state index contributed by atoms with van der Waals surface area (Å²) in [7, 11) is 0. The summed E-state index contributed by atoms with van der Waals surface area (Å²) in [4.78, 5) is 28.0. The second kappa shape index (κ2) is 10.8. The second-order valence-corrected chi connectivity index (χ2v) is 7.19. The smallest absolute Gasteiger partial charge is 0.417 e. The number of nitrogens with one attached hydrogen (secondary N) is 2. The first-order valence-electron chi connectivity index (χ1n) is 9.95. The van der Waals surface area contributed by atoms with E-state index in [0.717, 1.165) is 0 Å². The van der Waals surface area contributed by atoms with Gasteiger partial charge >= 0.3 is 18.2 Å². The maximum Gasteiger partial charge on any atom is 0.417 e. The Kier molecular flexibility index (Phi) is 8.69. The Morgan fingerprint density at radius 1 is 1.23 bits per heavy atom. The minimum Gasteiger partial charge on any atom is -0.461 e. The Morgan fingerprint density at radius 2 is 1.87 bits per heavy atom. The number of halogens is 3. The highest BCUT2D eigenvalue weighted by molar-refractivity contribution is 7.80. The molecule has 8 nitrogen and oxygen atoms in total. The summed E-state index contributed by atoms with van der Waals surface area (Å²) >= 11 is 5.24. The minimum atomic E-state index is -4.50. The summed E-state index contributed by atoms with van der Waals surface area (Å²) in [5, 5.41) is 2.18. The van der Waals surface area contributed by atoms with E-state index < -0.39 is 23.8 Å². The number of rotatable bonds is 8. The number of hydrogen-bond acceptors (Lipinski definition) is 6. The SMILES string of the molecule is CCOC(=O)NC(=S)N(CCOC1(C(F)(F)F)CCCC1)c1cc[nH]c1C(=O)OCC. The number of esters is 1. The number of ether oxygens (including phenoxy) is 3. The number of anilines is 1. The van der Waals surface area contributed by atoms with Crippen molar-refractivity contribution in [2.45, 2.75) is 51.3 Å². The molecule has 2 rings (SSSR count). The van der Waals surface area contributed by atoms with Gasteiger partial charge in [-0.15, -0.1) is 0 Å². The Morgan fingerprint density at radius 3 is 2.45 bits per heavy atom. The molecule has 0 saturated heterocycles. The van der Waals surface area contributed by atoms with Gasteiger partial charge in [-0.1, -0.05) is 12.8 Å².